The molecule has 0 amide bonds. The van der Waals surface area contributed by atoms with Gasteiger partial charge in [0.25, 0.3) is 0 Å². The van der Waals surface area contributed by atoms with Crippen LogP contribution in [0, 0.1) is 20.8 Å². The van der Waals surface area contributed by atoms with Gasteiger partial charge < -0.3 is 10.4 Å². The Kier molecular flexibility index (Phi) is 3.04. The summed E-state index contributed by atoms with van der Waals surface area (Å²) in [7, 11) is 0. The van der Waals surface area contributed by atoms with Crippen molar-refractivity contribution < 1.29 is 5.11 Å². The van der Waals surface area contributed by atoms with Crippen LogP contribution in [-0.2, 0) is 5.60 Å². The Bertz CT molecular complexity index is 392. The van der Waals surface area contributed by atoms with Crippen LogP contribution in [0.4, 0.5) is 0 Å². The number of aliphatic hydroxyl groups is 1. The second kappa shape index (κ2) is 4.19. The second-order valence-corrected chi connectivity index (χ2v) is 5.03. The Balaban J connectivity index is 2.42. The molecule has 1 saturated heterocycles. The van der Waals surface area contributed by atoms with Crippen molar-refractivity contribution in [3.63, 3.8) is 0 Å². The fraction of sp³-hybridized carbons (Fsp3) is 0.571. The Morgan fingerprint density at radius 2 is 1.56 bits per heavy atom. The van der Waals surface area contributed by atoms with E-state index in [1.165, 1.54) is 16.7 Å². The Labute approximate surface area is 97.7 Å². The van der Waals surface area contributed by atoms with E-state index < -0.39 is 5.60 Å². The van der Waals surface area contributed by atoms with Crippen molar-refractivity contribution in [1.29, 1.82) is 0 Å². The molecule has 1 heterocycles. The van der Waals surface area contributed by atoms with Crippen LogP contribution in [0.25, 0.3) is 0 Å². The predicted molar refractivity (Wildman–Crippen MR) is 66.7 cm³/mol. The van der Waals surface area contributed by atoms with Crippen LogP contribution < -0.4 is 5.32 Å². The lowest BCUT2D eigenvalue weighted by molar-refractivity contribution is 0.00532. The first-order chi connectivity index (χ1) is 7.53. The number of nitrogens with one attached hydrogen (secondary N) is 1. The third-order valence-electron chi connectivity index (χ3n) is 3.77. The highest BCUT2D eigenvalue weighted by molar-refractivity contribution is 5.40. The lowest BCUT2D eigenvalue weighted by atomic mass is 9.81. The molecule has 0 spiro atoms. The molecule has 1 aromatic rings. The van der Waals surface area contributed by atoms with Crippen LogP contribution in [0.2, 0.25) is 0 Å². The quantitative estimate of drug-likeness (QED) is 0.759. The molecular formula is C14H21NO. The summed E-state index contributed by atoms with van der Waals surface area (Å²) in [4.78, 5) is 0. The summed E-state index contributed by atoms with van der Waals surface area (Å²) in [5.74, 6) is 0. The minimum absolute atomic E-state index is 0.617. The lowest BCUT2D eigenvalue weighted by Gasteiger charge is -2.34. The van der Waals surface area contributed by atoms with E-state index in [-0.39, 0.29) is 0 Å². The molecule has 88 valence electrons. The molecule has 0 atom stereocenters. The number of aryl methyl sites for hydroxylation is 3. The molecule has 2 heteroatoms. The fourth-order valence-corrected chi connectivity index (χ4v) is 2.57. The Morgan fingerprint density at radius 1 is 1.00 bits per heavy atom. The average Bonchev–Trinajstić information content (AvgIpc) is 2.24. The smallest absolute Gasteiger partial charge is 0.0923 e. The molecule has 0 saturated carbocycles. The predicted octanol–water partition coefficient (Wildman–Crippen LogP) is 2.18. The van der Waals surface area contributed by atoms with E-state index in [1.807, 2.05) is 0 Å². The van der Waals surface area contributed by atoms with Gasteiger partial charge in [0.1, 0.15) is 0 Å². The SMILES string of the molecule is Cc1cc(C)c(C2(O)CCNCC2)cc1C. The van der Waals surface area contributed by atoms with Crippen LogP contribution >= 0.6 is 0 Å². The number of piperidine rings is 1. The van der Waals surface area contributed by atoms with Crippen molar-refractivity contribution in [3.8, 4) is 0 Å². The van der Waals surface area contributed by atoms with Crippen molar-refractivity contribution in [2.75, 3.05) is 13.1 Å². The molecule has 0 bridgehead atoms. The van der Waals surface area contributed by atoms with Gasteiger partial charge in [0.2, 0.25) is 0 Å². The zero-order valence-corrected chi connectivity index (χ0v) is 10.4. The van der Waals surface area contributed by atoms with Gasteiger partial charge in [0.05, 0.1) is 5.60 Å². The molecule has 1 aliphatic heterocycles. The average molecular weight is 219 g/mol. The molecule has 0 aliphatic carbocycles. The molecule has 2 N–H and O–H groups in total. The summed E-state index contributed by atoms with van der Waals surface area (Å²) in [5, 5.41) is 14.0. The van der Waals surface area contributed by atoms with Crippen LogP contribution in [-0.4, -0.2) is 18.2 Å². The maximum Gasteiger partial charge on any atom is 0.0923 e. The van der Waals surface area contributed by atoms with E-state index in [0.717, 1.165) is 31.5 Å². The van der Waals surface area contributed by atoms with E-state index in [0.29, 0.717) is 0 Å². The lowest BCUT2D eigenvalue weighted by Crippen LogP contribution is -2.40. The van der Waals surface area contributed by atoms with Gasteiger partial charge in [-0.2, -0.15) is 0 Å². The highest BCUT2D eigenvalue weighted by atomic mass is 16.3. The molecule has 0 aromatic heterocycles. The zero-order valence-electron chi connectivity index (χ0n) is 10.4. The van der Waals surface area contributed by atoms with Gasteiger partial charge >= 0.3 is 0 Å². The van der Waals surface area contributed by atoms with Crippen LogP contribution in [0.3, 0.4) is 0 Å². The van der Waals surface area contributed by atoms with Crippen molar-refractivity contribution in [2.24, 2.45) is 0 Å². The summed E-state index contributed by atoms with van der Waals surface area (Å²) >= 11 is 0. The van der Waals surface area contributed by atoms with Crippen LogP contribution in [0.5, 0.6) is 0 Å². The third kappa shape index (κ3) is 2.00. The molecule has 1 aliphatic rings. The Morgan fingerprint density at radius 3 is 2.19 bits per heavy atom. The molecule has 2 rings (SSSR count). The van der Waals surface area contributed by atoms with E-state index >= 15 is 0 Å². The van der Waals surface area contributed by atoms with Gasteiger partial charge in [-0.25, -0.2) is 0 Å². The minimum atomic E-state index is -0.617. The number of hydrogen-bond acceptors (Lipinski definition) is 2. The highest BCUT2D eigenvalue weighted by Gasteiger charge is 2.32. The van der Waals surface area contributed by atoms with E-state index in [2.05, 4.69) is 38.2 Å². The monoisotopic (exact) mass is 219 g/mol. The summed E-state index contributed by atoms with van der Waals surface area (Å²) in [6.45, 7) is 8.15. The second-order valence-electron chi connectivity index (χ2n) is 5.03. The van der Waals surface area contributed by atoms with Crippen molar-refractivity contribution in [2.45, 2.75) is 39.2 Å². The van der Waals surface area contributed by atoms with Crippen molar-refractivity contribution in [3.05, 3.63) is 34.4 Å². The zero-order chi connectivity index (χ0) is 11.8. The van der Waals surface area contributed by atoms with Gasteiger partial charge in [-0.15, -0.1) is 0 Å². The molecule has 1 fully saturated rings. The number of benzene rings is 1. The van der Waals surface area contributed by atoms with Crippen molar-refractivity contribution in [1.82, 2.24) is 5.32 Å². The normalized spacial score (nSPS) is 19.8. The topological polar surface area (TPSA) is 32.3 Å². The Hall–Kier alpha value is -0.860. The van der Waals surface area contributed by atoms with Crippen molar-refractivity contribution >= 4 is 0 Å². The van der Waals surface area contributed by atoms with Crippen LogP contribution in [0.1, 0.15) is 35.1 Å². The molecule has 16 heavy (non-hydrogen) atoms. The summed E-state index contributed by atoms with van der Waals surface area (Å²) in [6, 6.07) is 4.35. The standard InChI is InChI=1S/C14H21NO/c1-10-8-12(3)13(9-11(10)2)14(16)4-6-15-7-5-14/h8-9,15-16H,4-7H2,1-3H3. The summed E-state index contributed by atoms with van der Waals surface area (Å²) in [6.07, 6.45) is 1.63. The molecule has 0 unspecified atom stereocenters. The molecule has 2 nitrogen and oxygen atoms in total. The first-order valence-corrected chi connectivity index (χ1v) is 6.04. The number of rotatable bonds is 1. The third-order valence-corrected chi connectivity index (χ3v) is 3.77. The summed E-state index contributed by atoms with van der Waals surface area (Å²) in [5.41, 5.74) is 4.30. The molecule has 0 radical (unpaired) electrons. The van der Waals surface area contributed by atoms with Crippen LogP contribution in [0.15, 0.2) is 12.1 Å². The van der Waals surface area contributed by atoms with E-state index in [9.17, 15) is 5.11 Å². The van der Waals surface area contributed by atoms with Gasteiger partial charge in [-0.3, -0.25) is 0 Å². The summed E-state index contributed by atoms with van der Waals surface area (Å²) < 4.78 is 0. The van der Waals surface area contributed by atoms with Gasteiger partial charge in [0, 0.05) is 0 Å². The molecular weight excluding hydrogens is 198 g/mol. The maximum atomic E-state index is 10.7. The largest absolute Gasteiger partial charge is 0.385 e. The van der Waals surface area contributed by atoms with Gasteiger partial charge in [-0.1, -0.05) is 12.1 Å². The first kappa shape index (κ1) is 11.6. The van der Waals surface area contributed by atoms with Gasteiger partial charge in [0.15, 0.2) is 0 Å². The molecule has 1 aromatic carbocycles. The fourth-order valence-electron chi connectivity index (χ4n) is 2.57. The van der Waals surface area contributed by atoms with E-state index in [1.54, 1.807) is 0 Å². The minimum Gasteiger partial charge on any atom is -0.385 e. The maximum absolute atomic E-state index is 10.7. The highest BCUT2D eigenvalue weighted by Crippen LogP contribution is 2.33. The number of hydrogen-bond donors (Lipinski definition) is 2. The van der Waals surface area contributed by atoms with Gasteiger partial charge in [-0.05, 0) is 69.0 Å². The van der Waals surface area contributed by atoms with E-state index in [4.69, 9.17) is 0 Å². The first-order valence-electron chi connectivity index (χ1n) is 6.04.